The predicted octanol–water partition coefficient (Wildman–Crippen LogP) is -0.283. The molecular weight excluding hydrogens is 250 g/mol. The Morgan fingerprint density at radius 2 is 1.89 bits per heavy atom. The summed E-state index contributed by atoms with van der Waals surface area (Å²) in [5, 5.41) is 4.74. The number of piperidine rings is 1. The Bertz CT molecular complexity index is 338. The van der Waals surface area contributed by atoms with Gasteiger partial charge in [-0.1, -0.05) is 0 Å². The van der Waals surface area contributed by atoms with Crippen LogP contribution in [0.1, 0.15) is 19.8 Å². The number of methoxy groups -OCH3 is 1. The summed E-state index contributed by atoms with van der Waals surface area (Å²) in [4.78, 5) is 36.0. The van der Waals surface area contributed by atoms with E-state index in [1.54, 1.807) is 6.92 Å². The summed E-state index contributed by atoms with van der Waals surface area (Å²) in [6.07, 6.45) is 1.36. The largest absolute Gasteiger partial charge is 0.469 e. The molecule has 3 amide bonds. The van der Waals surface area contributed by atoms with Gasteiger partial charge in [0.1, 0.15) is 0 Å². The van der Waals surface area contributed by atoms with E-state index in [-0.39, 0.29) is 24.3 Å². The van der Waals surface area contributed by atoms with E-state index in [4.69, 9.17) is 4.74 Å². The van der Waals surface area contributed by atoms with Gasteiger partial charge in [0.05, 0.1) is 19.6 Å². The molecule has 108 valence electrons. The molecule has 7 nitrogen and oxygen atoms in total. The van der Waals surface area contributed by atoms with Crippen molar-refractivity contribution in [2.45, 2.75) is 19.8 Å². The molecule has 1 aliphatic rings. The molecule has 0 aromatic carbocycles. The normalized spacial score (nSPS) is 16.7. The molecule has 1 rings (SSSR count). The molecule has 19 heavy (non-hydrogen) atoms. The number of esters is 1. The van der Waals surface area contributed by atoms with Crippen LogP contribution in [-0.4, -0.2) is 56.1 Å². The van der Waals surface area contributed by atoms with Crippen molar-refractivity contribution in [3.8, 4) is 0 Å². The van der Waals surface area contributed by atoms with E-state index in [2.05, 4.69) is 10.6 Å². The van der Waals surface area contributed by atoms with Crippen LogP contribution in [0.4, 0.5) is 4.79 Å². The molecule has 0 radical (unpaired) electrons. The van der Waals surface area contributed by atoms with E-state index in [9.17, 15) is 14.4 Å². The Balaban J connectivity index is 2.27. The lowest BCUT2D eigenvalue weighted by Crippen LogP contribution is -2.46. The van der Waals surface area contributed by atoms with E-state index in [1.807, 2.05) is 4.90 Å². The maximum absolute atomic E-state index is 11.6. The first kappa shape index (κ1) is 15.4. The lowest BCUT2D eigenvalue weighted by molar-refractivity contribution is -0.147. The molecule has 2 N–H and O–H groups in total. The second-order valence-corrected chi connectivity index (χ2v) is 4.48. The zero-order chi connectivity index (χ0) is 14.3. The molecule has 1 aliphatic heterocycles. The highest BCUT2D eigenvalue weighted by molar-refractivity contribution is 5.95. The number of amides is 3. The first-order chi connectivity index (χ1) is 9.06. The Morgan fingerprint density at radius 1 is 1.26 bits per heavy atom. The molecule has 0 saturated carbocycles. The number of carbonyl (C=O) groups excluding carboxylic acids is 3. The van der Waals surface area contributed by atoms with Crippen molar-refractivity contribution in [1.82, 2.24) is 15.5 Å². The zero-order valence-corrected chi connectivity index (χ0v) is 11.4. The fraction of sp³-hybridized carbons (Fsp3) is 0.750. The van der Waals surface area contributed by atoms with Gasteiger partial charge in [0.2, 0.25) is 5.91 Å². The lowest BCUT2D eigenvalue weighted by Gasteiger charge is -2.29. The van der Waals surface area contributed by atoms with Crippen molar-refractivity contribution in [3.05, 3.63) is 0 Å². The quantitative estimate of drug-likeness (QED) is 0.686. The number of nitrogens with one attached hydrogen (secondary N) is 2. The summed E-state index contributed by atoms with van der Waals surface area (Å²) in [6, 6.07) is -0.475. The number of urea groups is 1. The number of nitrogens with zero attached hydrogens (tertiary/aromatic N) is 1. The second kappa shape index (κ2) is 7.73. The van der Waals surface area contributed by atoms with Gasteiger partial charge < -0.3 is 10.1 Å². The number of carbonyl (C=O) groups is 3. The predicted molar refractivity (Wildman–Crippen MR) is 68.4 cm³/mol. The smallest absolute Gasteiger partial charge is 0.321 e. The number of ether oxygens (including phenoxy) is 1. The molecule has 0 aliphatic carbocycles. The van der Waals surface area contributed by atoms with Crippen molar-refractivity contribution in [1.29, 1.82) is 0 Å². The molecule has 1 heterocycles. The highest BCUT2D eigenvalue weighted by Gasteiger charge is 2.26. The van der Waals surface area contributed by atoms with Gasteiger partial charge in [0.25, 0.3) is 0 Å². The molecule has 0 bridgehead atoms. The van der Waals surface area contributed by atoms with Gasteiger partial charge >= 0.3 is 12.0 Å². The third kappa shape index (κ3) is 5.25. The van der Waals surface area contributed by atoms with Crippen molar-refractivity contribution in [2.24, 2.45) is 5.92 Å². The van der Waals surface area contributed by atoms with Crippen LogP contribution in [0.15, 0.2) is 0 Å². The molecular formula is C12H21N3O4. The van der Waals surface area contributed by atoms with Crippen LogP contribution in [0.5, 0.6) is 0 Å². The Morgan fingerprint density at radius 3 is 2.42 bits per heavy atom. The van der Waals surface area contributed by atoms with Crippen molar-refractivity contribution >= 4 is 17.9 Å². The molecule has 0 aromatic rings. The fourth-order valence-electron chi connectivity index (χ4n) is 2.07. The summed E-state index contributed by atoms with van der Waals surface area (Å²) >= 11 is 0. The van der Waals surface area contributed by atoms with Crippen molar-refractivity contribution < 1.29 is 19.1 Å². The van der Waals surface area contributed by atoms with Crippen LogP contribution in [0.2, 0.25) is 0 Å². The van der Waals surface area contributed by atoms with Crippen LogP contribution >= 0.6 is 0 Å². The Labute approximate surface area is 112 Å². The SMILES string of the molecule is CCNC(=O)NC(=O)CN1CCC(C(=O)OC)CC1. The minimum atomic E-state index is -0.475. The molecule has 0 spiro atoms. The average molecular weight is 271 g/mol. The minimum absolute atomic E-state index is 0.0762. The van der Waals surface area contributed by atoms with Gasteiger partial charge in [-0.15, -0.1) is 0 Å². The minimum Gasteiger partial charge on any atom is -0.469 e. The Kier molecular flexibility index (Phi) is 6.27. The molecule has 0 atom stereocenters. The standard InChI is InChI=1S/C12H21N3O4/c1-3-13-12(18)14-10(16)8-15-6-4-9(5-7-15)11(17)19-2/h9H,3-8H2,1-2H3,(H2,13,14,16,18). The Hall–Kier alpha value is -1.63. The molecule has 0 aromatic heterocycles. The van der Waals surface area contributed by atoms with Crippen LogP contribution in [0.25, 0.3) is 0 Å². The fourth-order valence-corrected chi connectivity index (χ4v) is 2.07. The highest BCUT2D eigenvalue weighted by Crippen LogP contribution is 2.17. The molecule has 0 unspecified atom stereocenters. The summed E-state index contributed by atoms with van der Waals surface area (Å²) in [5.74, 6) is -0.596. The van der Waals surface area contributed by atoms with E-state index in [1.165, 1.54) is 7.11 Å². The topological polar surface area (TPSA) is 87.7 Å². The van der Waals surface area contributed by atoms with Crippen LogP contribution in [-0.2, 0) is 14.3 Å². The monoisotopic (exact) mass is 271 g/mol. The van der Waals surface area contributed by atoms with Crippen LogP contribution < -0.4 is 10.6 Å². The molecule has 1 fully saturated rings. The summed E-state index contributed by atoms with van der Waals surface area (Å²) in [6.45, 7) is 3.74. The van der Waals surface area contributed by atoms with Gasteiger partial charge in [-0.3, -0.25) is 19.8 Å². The number of imide groups is 1. The second-order valence-electron chi connectivity index (χ2n) is 4.48. The average Bonchev–Trinajstić information content (AvgIpc) is 2.38. The van der Waals surface area contributed by atoms with Crippen LogP contribution in [0.3, 0.4) is 0 Å². The first-order valence-electron chi connectivity index (χ1n) is 6.44. The van der Waals surface area contributed by atoms with E-state index in [0.29, 0.717) is 32.5 Å². The van der Waals surface area contributed by atoms with E-state index < -0.39 is 6.03 Å². The van der Waals surface area contributed by atoms with Gasteiger partial charge in [0, 0.05) is 6.54 Å². The summed E-state index contributed by atoms with van der Waals surface area (Å²) < 4.78 is 4.70. The molecule has 1 saturated heterocycles. The summed E-state index contributed by atoms with van der Waals surface area (Å²) in [7, 11) is 1.38. The zero-order valence-electron chi connectivity index (χ0n) is 11.4. The van der Waals surface area contributed by atoms with Gasteiger partial charge in [0.15, 0.2) is 0 Å². The van der Waals surface area contributed by atoms with Gasteiger partial charge in [-0.2, -0.15) is 0 Å². The number of hydrogen-bond acceptors (Lipinski definition) is 5. The third-order valence-electron chi connectivity index (χ3n) is 3.08. The highest BCUT2D eigenvalue weighted by atomic mass is 16.5. The van der Waals surface area contributed by atoms with Crippen molar-refractivity contribution in [3.63, 3.8) is 0 Å². The van der Waals surface area contributed by atoms with Gasteiger partial charge in [-0.25, -0.2) is 4.79 Å². The number of rotatable bonds is 4. The first-order valence-corrected chi connectivity index (χ1v) is 6.44. The van der Waals surface area contributed by atoms with Gasteiger partial charge in [-0.05, 0) is 32.9 Å². The summed E-state index contributed by atoms with van der Waals surface area (Å²) in [5.41, 5.74) is 0. The lowest BCUT2D eigenvalue weighted by atomic mass is 9.97. The molecule has 7 heteroatoms. The van der Waals surface area contributed by atoms with E-state index in [0.717, 1.165) is 0 Å². The number of likely N-dealkylation sites (tertiary alicyclic amines) is 1. The number of hydrogen-bond donors (Lipinski definition) is 2. The van der Waals surface area contributed by atoms with Crippen LogP contribution in [0, 0.1) is 5.92 Å². The third-order valence-corrected chi connectivity index (χ3v) is 3.08. The maximum Gasteiger partial charge on any atom is 0.321 e. The maximum atomic E-state index is 11.6. The van der Waals surface area contributed by atoms with E-state index >= 15 is 0 Å². The van der Waals surface area contributed by atoms with Crippen molar-refractivity contribution in [2.75, 3.05) is 33.3 Å².